The van der Waals surface area contributed by atoms with Gasteiger partial charge in [0.25, 0.3) is 0 Å². The topological polar surface area (TPSA) is 67.8 Å². The smallest absolute Gasteiger partial charge is 0.234 e. The van der Waals surface area contributed by atoms with E-state index >= 15 is 0 Å². The summed E-state index contributed by atoms with van der Waals surface area (Å²) in [6.07, 6.45) is 1.72. The molecule has 0 bridgehead atoms. The molecule has 0 aliphatic heterocycles. The number of rotatable bonds is 4. The number of aryl methyl sites for hydroxylation is 1. The van der Waals surface area contributed by atoms with Crippen LogP contribution >= 0.6 is 23.1 Å². The average molecular weight is 316 g/mol. The number of nitrogens with zero attached hydrogens (tertiary/aromatic N) is 3. The summed E-state index contributed by atoms with van der Waals surface area (Å²) in [6, 6.07) is 9.57. The van der Waals surface area contributed by atoms with Crippen molar-refractivity contribution in [2.24, 2.45) is 0 Å². The van der Waals surface area contributed by atoms with E-state index < -0.39 is 0 Å². The van der Waals surface area contributed by atoms with E-state index in [4.69, 9.17) is 0 Å². The van der Waals surface area contributed by atoms with E-state index in [0.717, 1.165) is 25.9 Å². The summed E-state index contributed by atoms with van der Waals surface area (Å²) in [5.41, 5.74) is 1.53. The SMILES string of the molecule is Cc1nnc(SCC(=O)Nc2cccc3cccnc23)s1. The molecule has 0 saturated carbocycles. The summed E-state index contributed by atoms with van der Waals surface area (Å²) in [7, 11) is 0. The number of aromatic nitrogens is 3. The lowest BCUT2D eigenvalue weighted by Gasteiger charge is -2.07. The molecule has 2 aromatic heterocycles. The molecule has 1 aromatic carbocycles. The summed E-state index contributed by atoms with van der Waals surface area (Å²) >= 11 is 2.87. The number of carbonyl (C=O) groups is 1. The van der Waals surface area contributed by atoms with E-state index in [-0.39, 0.29) is 5.91 Å². The van der Waals surface area contributed by atoms with Crippen molar-refractivity contribution in [1.29, 1.82) is 0 Å². The van der Waals surface area contributed by atoms with Crippen LogP contribution in [0.4, 0.5) is 5.69 Å². The lowest BCUT2D eigenvalue weighted by molar-refractivity contribution is -0.113. The fraction of sp³-hybridized carbons (Fsp3) is 0.143. The molecule has 2 heterocycles. The highest BCUT2D eigenvalue weighted by Crippen LogP contribution is 2.23. The minimum atomic E-state index is -0.0778. The van der Waals surface area contributed by atoms with Crippen molar-refractivity contribution >= 4 is 45.6 Å². The van der Waals surface area contributed by atoms with E-state index in [1.54, 1.807) is 6.20 Å². The van der Waals surface area contributed by atoms with Gasteiger partial charge in [-0.05, 0) is 19.1 Å². The molecule has 0 saturated heterocycles. The van der Waals surface area contributed by atoms with Crippen LogP contribution in [0.5, 0.6) is 0 Å². The predicted molar refractivity (Wildman–Crippen MR) is 85.7 cm³/mol. The Labute approximate surface area is 129 Å². The molecule has 0 aliphatic carbocycles. The largest absolute Gasteiger partial charge is 0.323 e. The molecule has 3 aromatic rings. The first-order valence-corrected chi connectivity index (χ1v) is 8.09. The summed E-state index contributed by atoms with van der Waals surface area (Å²) in [5.74, 6) is 0.226. The van der Waals surface area contributed by atoms with Crippen molar-refractivity contribution in [2.75, 3.05) is 11.1 Å². The maximum absolute atomic E-state index is 12.0. The van der Waals surface area contributed by atoms with Crippen molar-refractivity contribution in [3.63, 3.8) is 0 Å². The van der Waals surface area contributed by atoms with Crippen molar-refractivity contribution in [2.45, 2.75) is 11.3 Å². The number of nitrogens with one attached hydrogen (secondary N) is 1. The first-order valence-electron chi connectivity index (χ1n) is 6.29. The first-order chi connectivity index (χ1) is 10.2. The highest BCUT2D eigenvalue weighted by atomic mass is 32.2. The van der Waals surface area contributed by atoms with E-state index in [2.05, 4.69) is 20.5 Å². The number of amides is 1. The minimum absolute atomic E-state index is 0.0778. The van der Waals surface area contributed by atoms with E-state index in [1.807, 2.05) is 37.3 Å². The van der Waals surface area contributed by atoms with Gasteiger partial charge in [0.2, 0.25) is 5.91 Å². The molecule has 106 valence electrons. The number of hydrogen-bond acceptors (Lipinski definition) is 6. The van der Waals surface area contributed by atoms with Crippen LogP contribution in [0.1, 0.15) is 5.01 Å². The summed E-state index contributed by atoms with van der Waals surface area (Å²) in [6.45, 7) is 1.89. The second-order valence-corrected chi connectivity index (χ2v) is 6.71. The van der Waals surface area contributed by atoms with Gasteiger partial charge < -0.3 is 5.32 Å². The molecule has 0 aliphatic rings. The lowest BCUT2D eigenvalue weighted by atomic mass is 10.2. The predicted octanol–water partition coefficient (Wildman–Crippen LogP) is 3.13. The Balaban J connectivity index is 1.69. The standard InChI is InChI=1S/C14H12N4OS2/c1-9-17-18-14(21-9)20-8-12(19)16-11-6-2-4-10-5-3-7-15-13(10)11/h2-7H,8H2,1H3,(H,16,19). The molecule has 1 N–H and O–H groups in total. The Hall–Kier alpha value is -1.99. The van der Waals surface area contributed by atoms with Gasteiger partial charge in [-0.1, -0.05) is 41.3 Å². The van der Waals surface area contributed by atoms with Crippen molar-refractivity contribution in [3.05, 3.63) is 41.5 Å². The van der Waals surface area contributed by atoms with Gasteiger partial charge in [0.15, 0.2) is 4.34 Å². The van der Waals surface area contributed by atoms with Gasteiger partial charge in [-0.25, -0.2) is 0 Å². The number of carbonyl (C=O) groups excluding carboxylic acids is 1. The average Bonchev–Trinajstić information content (AvgIpc) is 2.91. The molecule has 3 rings (SSSR count). The third kappa shape index (κ3) is 3.37. The van der Waals surface area contributed by atoms with Crippen LogP contribution in [0.3, 0.4) is 0 Å². The lowest BCUT2D eigenvalue weighted by Crippen LogP contribution is -2.14. The molecule has 7 heteroatoms. The van der Waals surface area contributed by atoms with Crippen LogP contribution in [0.2, 0.25) is 0 Å². The Kier molecular flexibility index (Phi) is 4.12. The van der Waals surface area contributed by atoms with E-state index in [9.17, 15) is 4.79 Å². The van der Waals surface area contributed by atoms with Gasteiger partial charge in [0.05, 0.1) is 17.0 Å². The molecule has 1 amide bonds. The number of anilines is 1. The Bertz CT molecular complexity index is 782. The van der Waals surface area contributed by atoms with Crippen LogP contribution in [-0.2, 0) is 4.79 Å². The minimum Gasteiger partial charge on any atom is -0.323 e. The summed E-state index contributed by atoms with van der Waals surface area (Å²) in [4.78, 5) is 16.3. The molecule has 21 heavy (non-hydrogen) atoms. The van der Waals surface area contributed by atoms with Gasteiger partial charge in [-0.2, -0.15) is 0 Å². The Morgan fingerprint density at radius 2 is 2.14 bits per heavy atom. The number of thioether (sulfide) groups is 1. The molecule has 0 atom stereocenters. The highest BCUT2D eigenvalue weighted by Gasteiger charge is 2.09. The number of fused-ring (bicyclic) bond motifs is 1. The number of hydrogen-bond donors (Lipinski definition) is 1. The zero-order valence-electron chi connectivity index (χ0n) is 11.2. The zero-order chi connectivity index (χ0) is 14.7. The van der Waals surface area contributed by atoms with Crippen LogP contribution in [0.15, 0.2) is 40.9 Å². The van der Waals surface area contributed by atoms with Crippen molar-refractivity contribution in [3.8, 4) is 0 Å². The molecular formula is C14H12N4OS2. The van der Waals surface area contributed by atoms with Crippen molar-refractivity contribution < 1.29 is 4.79 Å². The van der Waals surface area contributed by atoms with Gasteiger partial charge in [-0.15, -0.1) is 10.2 Å². The fourth-order valence-electron chi connectivity index (χ4n) is 1.86. The summed E-state index contributed by atoms with van der Waals surface area (Å²) in [5, 5.41) is 12.7. The van der Waals surface area contributed by atoms with Crippen LogP contribution in [0.25, 0.3) is 10.9 Å². The maximum atomic E-state index is 12.0. The zero-order valence-corrected chi connectivity index (χ0v) is 12.9. The second-order valence-electron chi connectivity index (χ2n) is 4.30. The molecule has 5 nitrogen and oxygen atoms in total. The Morgan fingerprint density at radius 1 is 1.29 bits per heavy atom. The van der Waals surface area contributed by atoms with Crippen LogP contribution < -0.4 is 5.32 Å². The second kappa shape index (κ2) is 6.19. The third-order valence-corrected chi connectivity index (χ3v) is 4.71. The first kappa shape index (κ1) is 14.0. The molecule has 0 radical (unpaired) electrons. The molecule has 0 fully saturated rings. The quantitative estimate of drug-likeness (QED) is 0.749. The normalized spacial score (nSPS) is 10.7. The molecule has 0 unspecified atom stereocenters. The number of pyridine rings is 1. The maximum Gasteiger partial charge on any atom is 0.234 e. The van der Waals surface area contributed by atoms with Crippen LogP contribution in [-0.4, -0.2) is 26.8 Å². The van der Waals surface area contributed by atoms with E-state index in [1.165, 1.54) is 23.1 Å². The van der Waals surface area contributed by atoms with Gasteiger partial charge in [0.1, 0.15) is 5.01 Å². The van der Waals surface area contributed by atoms with E-state index in [0.29, 0.717) is 5.75 Å². The van der Waals surface area contributed by atoms with Gasteiger partial charge in [0, 0.05) is 11.6 Å². The number of benzene rings is 1. The third-order valence-electron chi connectivity index (χ3n) is 2.74. The van der Waals surface area contributed by atoms with Crippen LogP contribution in [0, 0.1) is 6.92 Å². The monoisotopic (exact) mass is 316 g/mol. The fourth-order valence-corrected chi connectivity index (χ4v) is 3.47. The van der Waals surface area contributed by atoms with Gasteiger partial charge >= 0.3 is 0 Å². The Morgan fingerprint density at radius 3 is 2.95 bits per heavy atom. The summed E-state index contributed by atoms with van der Waals surface area (Å²) < 4.78 is 0.804. The molecule has 0 spiro atoms. The van der Waals surface area contributed by atoms with Gasteiger partial charge in [-0.3, -0.25) is 9.78 Å². The number of para-hydroxylation sites is 1. The highest BCUT2D eigenvalue weighted by molar-refractivity contribution is 8.01. The van der Waals surface area contributed by atoms with Crippen molar-refractivity contribution in [1.82, 2.24) is 15.2 Å². The molecular weight excluding hydrogens is 304 g/mol.